The molecule has 2 heterocycles. The fraction of sp³-hybridized carbons (Fsp3) is 0.619. The minimum Gasteiger partial charge on any atom is -0.490 e. The van der Waals surface area contributed by atoms with Crippen LogP contribution in [0, 0.1) is 0 Å². The van der Waals surface area contributed by atoms with Crippen LogP contribution in [0.25, 0.3) is 0 Å². The highest BCUT2D eigenvalue weighted by Gasteiger charge is 2.25. The molecule has 2 saturated heterocycles. The van der Waals surface area contributed by atoms with Gasteiger partial charge in [0.1, 0.15) is 0 Å². The molecule has 1 aromatic rings. The molecule has 1 N–H and O–H groups in total. The Kier molecular flexibility index (Phi) is 7.14. The fourth-order valence-electron chi connectivity index (χ4n) is 3.71. The van der Waals surface area contributed by atoms with Crippen molar-refractivity contribution in [3.63, 3.8) is 0 Å². The molecule has 0 spiro atoms. The van der Waals surface area contributed by atoms with Gasteiger partial charge in [0.25, 0.3) is 11.8 Å². The first-order valence-electron chi connectivity index (χ1n) is 10.3. The average Bonchev–Trinajstić information content (AvgIpc) is 2.73. The Labute approximate surface area is 167 Å². The highest BCUT2D eigenvalue weighted by atomic mass is 16.5. The van der Waals surface area contributed by atoms with Crippen molar-refractivity contribution >= 4 is 11.8 Å². The lowest BCUT2D eigenvalue weighted by atomic mass is 10.1. The number of piperazine rings is 1. The predicted molar refractivity (Wildman–Crippen MR) is 107 cm³/mol. The number of carbonyl (C=O) groups excluding carboxylic acids is 2. The molecular weight excluding hydrogens is 358 g/mol. The van der Waals surface area contributed by atoms with Crippen molar-refractivity contribution < 1.29 is 19.1 Å². The van der Waals surface area contributed by atoms with Gasteiger partial charge in [-0.1, -0.05) is 0 Å². The van der Waals surface area contributed by atoms with Crippen molar-refractivity contribution in [2.75, 3.05) is 45.9 Å². The maximum absolute atomic E-state index is 12.9. The number of benzene rings is 1. The van der Waals surface area contributed by atoms with Crippen molar-refractivity contribution in [1.82, 2.24) is 15.1 Å². The number of carbonyl (C=O) groups is 2. The van der Waals surface area contributed by atoms with E-state index in [2.05, 4.69) is 5.32 Å². The van der Waals surface area contributed by atoms with Crippen molar-refractivity contribution in [2.45, 2.75) is 39.2 Å². The minimum atomic E-state index is -0.0117. The summed E-state index contributed by atoms with van der Waals surface area (Å²) in [4.78, 5) is 29.0. The molecule has 2 fully saturated rings. The Balaban J connectivity index is 1.68. The molecule has 2 aliphatic heterocycles. The number of piperidine rings is 1. The van der Waals surface area contributed by atoms with E-state index in [1.165, 1.54) is 6.42 Å². The van der Waals surface area contributed by atoms with E-state index >= 15 is 0 Å². The number of hydrogen-bond acceptors (Lipinski definition) is 5. The van der Waals surface area contributed by atoms with E-state index in [4.69, 9.17) is 9.47 Å². The lowest BCUT2D eigenvalue weighted by molar-refractivity contribution is -0.134. The summed E-state index contributed by atoms with van der Waals surface area (Å²) in [6, 6.07) is 5.35. The first-order chi connectivity index (χ1) is 13.6. The van der Waals surface area contributed by atoms with Gasteiger partial charge in [0.2, 0.25) is 0 Å². The van der Waals surface area contributed by atoms with Gasteiger partial charge < -0.3 is 24.6 Å². The molecule has 0 radical (unpaired) electrons. The summed E-state index contributed by atoms with van der Waals surface area (Å²) in [5.74, 6) is 0.988. The maximum atomic E-state index is 12.9. The van der Waals surface area contributed by atoms with Crippen LogP contribution in [0.4, 0.5) is 0 Å². The first-order valence-corrected chi connectivity index (χ1v) is 10.3. The van der Waals surface area contributed by atoms with Crippen molar-refractivity contribution in [3.8, 4) is 11.5 Å². The fourth-order valence-corrected chi connectivity index (χ4v) is 3.71. The van der Waals surface area contributed by atoms with Crippen molar-refractivity contribution in [1.29, 1.82) is 0 Å². The van der Waals surface area contributed by atoms with Crippen molar-refractivity contribution in [3.05, 3.63) is 23.8 Å². The summed E-state index contributed by atoms with van der Waals surface area (Å²) < 4.78 is 11.4. The molecule has 1 aromatic carbocycles. The summed E-state index contributed by atoms with van der Waals surface area (Å²) in [7, 11) is 0. The van der Waals surface area contributed by atoms with E-state index in [0.29, 0.717) is 30.2 Å². The molecule has 3 rings (SSSR count). The normalized spacial score (nSPS) is 20.0. The average molecular weight is 389 g/mol. The van der Waals surface area contributed by atoms with Gasteiger partial charge in [-0.15, -0.1) is 0 Å². The van der Waals surface area contributed by atoms with Crippen LogP contribution >= 0.6 is 0 Å². The molecule has 0 bridgehead atoms. The van der Waals surface area contributed by atoms with Gasteiger partial charge in [-0.25, -0.2) is 0 Å². The van der Waals surface area contributed by atoms with E-state index in [0.717, 1.165) is 39.0 Å². The van der Waals surface area contributed by atoms with Crippen LogP contribution in [-0.2, 0) is 4.79 Å². The molecule has 7 nitrogen and oxygen atoms in total. The molecule has 28 heavy (non-hydrogen) atoms. The molecule has 1 atom stereocenters. The van der Waals surface area contributed by atoms with Gasteiger partial charge in [0, 0.05) is 44.3 Å². The zero-order valence-electron chi connectivity index (χ0n) is 16.9. The van der Waals surface area contributed by atoms with E-state index in [1.807, 2.05) is 23.6 Å². The molecule has 2 aliphatic rings. The molecular formula is C21H31N3O4. The molecule has 0 aromatic heterocycles. The van der Waals surface area contributed by atoms with Crippen LogP contribution < -0.4 is 14.8 Å². The predicted octanol–water partition coefficient (Wildman–Crippen LogP) is 1.91. The van der Waals surface area contributed by atoms with E-state index in [-0.39, 0.29) is 24.5 Å². The topological polar surface area (TPSA) is 71.1 Å². The standard InChI is InChI=1S/C21H31N3O4/c1-3-27-19-13-17(21(26)24-12-9-22-14-16(24)2)7-8-18(19)28-15-20(25)23-10-5-4-6-11-23/h7-8,13,16,22H,3-6,9-12,14-15H2,1-2H3/t16-/m1/s1. The largest absolute Gasteiger partial charge is 0.490 e. The minimum absolute atomic E-state index is 0.00283. The van der Waals surface area contributed by atoms with Gasteiger partial charge >= 0.3 is 0 Å². The summed E-state index contributed by atoms with van der Waals surface area (Å²) in [6.45, 7) is 8.26. The highest BCUT2D eigenvalue weighted by Crippen LogP contribution is 2.29. The lowest BCUT2D eigenvalue weighted by Crippen LogP contribution is -2.52. The Hall–Kier alpha value is -2.28. The number of rotatable bonds is 6. The van der Waals surface area contributed by atoms with E-state index in [9.17, 15) is 9.59 Å². The Morgan fingerprint density at radius 3 is 2.61 bits per heavy atom. The molecule has 154 valence electrons. The Morgan fingerprint density at radius 2 is 1.89 bits per heavy atom. The quantitative estimate of drug-likeness (QED) is 0.805. The van der Waals surface area contributed by atoms with Gasteiger partial charge in [-0.2, -0.15) is 0 Å². The number of amides is 2. The number of hydrogen-bond donors (Lipinski definition) is 1. The smallest absolute Gasteiger partial charge is 0.260 e. The highest BCUT2D eigenvalue weighted by molar-refractivity contribution is 5.95. The molecule has 0 aliphatic carbocycles. The molecule has 7 heteroatoms. The van der Waals surface area contributed by atoms with Gasteiger partial charge in [0.05, 0.1) is 6.61 Å². The van der Waals surface area contributed by atoms with Crippen LogP contribution in [0.15, 0.2) is 18.2 Å². The van der Waals surface area contributed by atoms with Gasteiger partial charge in [-0.05, 0) is 51.3 Å². The van der Waals surface area contributed by atoms with Crippen LogP contribution in [0.5, 0.6) is 11.5 Å². The van der Waals surface area contributed by atoms with Crippen LogP contribution in [0.1, 0.15) is 43.5 Å². The van der Waals surface area contributed by atoms with Crippen LogP contribution in [0.2, 0.25) is 0 Å². The maximum Gasteiger partial charge on any atom is 0.260 e. The summed E-state index contributed by atoms with van der Waals surface area (Å²) >= 11 is 0. The Morgan fingerprint density at radius 1 is 1.11 bits per heavy atom. The SMILES string of the molecule is CCOc1cc(C(=O)N2CCNC[C@H]2C)ccc1OCC(=O)N1CCCCC1. The monoisotopic (exact) mass is 389 g/mol. The Bertz CT molecular complexity index is 688. The lowest BCUT2D eigenvalue weighted by Gasteiger charge is -2.34. The molecule has 2 amide bonds. The number of nitrogens with one attached hydrogen (secondary N) is 1. The number of ether oxygens (including phenoxy) is 2. The van der Waals surface area contributed by atoms with E-state index in [1.54, 1.807) is 18.2 Å². The third-order valence-corrected chi connectivity index (χ3v) is 5.31. The summed E-state index contributed by atoms with van der Waals surface area (Å²) in [5, 5.41) is 3.29. The summed E-state index contributed by atoms with van der Waals surface area (Å²) in [5.41, 5.74) is 0.576. The number of likely N-dealkylation sites (tertiary alicyclic amines) is 1. The van der Waals surface area contributed by atoms with Gasteiger partial charge in [0.15, 0.2) is 18.1 Å². The molecule has 0 saturated carbocycles. The van der Waals surface area contributed by atoms with Gasteiger partial charge in [-0.3, -0.25) is 9.59 Å². The van der Waals surface area contributed by atoms with Crippen molar-refractivity contribution in [2.24, 2.45) is 0 Å². The van der Waals surface area contributed by atoms with Crippen LogP contribution in [0.3, 0.4) is 0 Å². The summed E-state index contributed by atoms with van der Waals surface area (Å²) in [6.07, 6.45) is 3.29. The first kappa shape index (κ1) is 20.5. The van der Waals surface area contributed by atoms with Crippen LogP contribution in [-0.4, -0.2) is 73.6 Å². The number of nitrogens with zero attached hydrogens (tertiary/aromatic N) is 2. The second kappa shape index (κ2) is 9.78. The zero-order valence-corrected chi connectivity index (χ0v) is 16.9. The molecule has 0 unspecified atom stereocenters. The van der Waals surface area contributed by atoms with E-state index < -0.39 is 0 Å². The second-order valence-electron chi connectivity index (χ2n) is 7.38. The zero-order chi connectivity index (χ0) is 19.9. The second-order valence-corrected chi connectivity index (χ2v) is 7.38. The third kappa shape index (κ3) is 4.95. The third-order valence-electron chi connectivity index (χ3n) is 5.31.